The summed E-state index contributed by atoms with van der Waals surface area (Å²) >= 11 is 0. The van der Waals surface area contributed by atoms with Crippen molar-refractivity contribution < 1.29 is 9.53 Å². The minimum absolute atomic E-state index is 0.303. The molecule has 1 atom stereocenters. The van der Waals surface area contributed by atoms with Gasteiger partial charge in [-0.3, -0.25) is 4.79 Å². The zero-order valence-electron chi connectivity index (χ0n) is 12.0. The summed E-state index contributed by atoms with van der Waals surface area (Å²) < 4.78 is 4.93. The first-order valence-electron chi connectivity index (χ1n) is 7.42. The van der Waals surface area contributed by atoms with Crippen molar-refractivity contribution in [2.24, 2.45) is 0 Å². The molecule has 0 N–H and O–H groups in total. The quantitative estimate of drug-likeness (QED) is 0.780. The summed E-state index contributed by atoms with van der Waals surface area (Å²) in [4.78, 5) is 11.7. The van der Waals surface area contributed by atoms with E-state index in [4.69, 9.17) is 10.00 Å². The monoisotopic (exact) mass is 271 g/mol. The third-order valence-corrected chi connectivity index (χ3v) is 4.00. The number of esters is 1. The van der Waals surface area contributed by atoms with Gasteiger partial charge in [-0.1, -0.05) is 43.5 Å². The van der Waals surface area contributed by atoms with Gasteiger partial charge < -0.3 is 4.74 Å². The predicted octanol–water partition coefficient (Wildman–Crippen LogP) is 3.90. The zero-order valence-corrected chi connectivity index (χ0v) is 12.0. The zero-order chi connectivity index (χ0) is 14.4. The van der Waals surface area contributed by atoms with Crippen LogP contribution in [0.3, 0.4) is 0 Å². The lowest BCUT2D eigenvalue weighted by atomic mass is 9.83. The molecule has 2 rings (SSSR count). The SMILES string of the molecule is CCOC(=O)[C@H](C#N)c1ccc(C2CCCCC2)cc1. The molecule has 1 aromatic rings. The van der Waals surface area contributed by atoms with Crippen molar-refractivity contribution in [3.63, 3.8) is 0 Å². The van der Waals surface area contributed by atoms with Gasteiger partial charge in [-0.15, -0.1) is 0 Å². The molecule has 0 radical (unpaired) electrons. The number of carbonyl (C=O) groups excluding carboxylic acids is 1. The van der Waals surface area contributed by atoms with E-state index in [1.807, 2.05) is 18.2 Å². The van der Waals surface area contributed by atoms with Crippen LogP contribution in [0.2, 0.25) is 0 Å². The summed E-state index contributed by atoms with van der Waals surface area (Å²) in [5.74, 6) is -0.628. The molecule has 20 heavy (non-hydrogen) atoms. The molecule has 1 aliphatic carbocycles. The fraction of sp³-hybridized carbons (Fsp3) is 0.529. The first-order valence-corrected chi connectivity index (χ1v) is 7.42. The highest BCUT2D eigenvalue weighted by molar-refractivity contribution is 5.81. The van der Waals surface area contributed by atoms with Crippen LogP contribution in [0.4, 0.5) is 0 Å². The number of carbonyl (C=O) groups is 1. The highest BCUT2D eigenvalue weighted by Crippen LogP contribution is 2.33. The molecule has 0 bridgehead atoms. The minimum atomic E-state index is -0.810. The number of nitriles is 1. The van der Waals surface area contributed by atoms with Gasteiger partial charge in [-0.25, -0.2) is 0 Å². The van der Waals surface area contributed by atoms with Gasteiger partial charge in [0.25, 0.3) is 0 Å². The Morgan fingerprint density at radius 1 is 1.30 bits per heavy atom. The summed E-state index contributed by atoms with van der Waals surface area (Å²) in [5, 5.41) is 9.14. The molecule has 106 valence electrons. The second kappa shape index (κ2) is 7.09. The van der Waals surface area contributed by atoms with E-state index in [0.29, 0.717) is 12.5 Å². The third kappa shape index (κ3) is 3.39. The minimum Gasteiger partial charge on any atom is -0.465 e. The Hall–Kier alpha value is -1.82. The van der Waals surface area contributed by atoms with Crippen LogP contribution in [0.1, 0.15) is 62.0 Å². The van der Waals surface area contributed by atoms with Gasteiger partial charge in [0.15, 0.2) is 5.92 Å². The fourth-order valence-electron chi connectivity index (χ4n) is 2.89. The van der Waals surface area contributed by atoms with Crippen LogP contribution >= 0.6 is 0 Å². The van der Waals surface area contributed by atoms with E-state index < -0.39 is 11.9 Å². The van der Waals surface area contributed by atoms with Crippen LogP contribution in [0, 0.1) is 11.3 Å². The lowest BCUT2D eigenvalue weighted by Crippen LogP contribution is -2.14. The third-order valence-electron chi connectivity index (χ3n) is 4.00. The Balaban J connectivity index is 2.10. The van der Waals surface area contributed by atoms with Crippen LogP contribution < -0.4 is 0 Å². The van der Waals surface area contributed by atoms with Gasteiger partial charge in [-0.05, 0) is 36.8 Å². The number of hydrogen-bond donors (Lipinski definition) is 0. The van der Waals surface area contributed by atoms with E-state index in [0.717, 1.165) is 5.56 Å². The summed E-state index contributed by atoms with van der Waals surface area (Å²) in [5.41, 5.74) is 2.06. The van der Waals surface area contributed by atoms with Crippen molar-refractivity contribution in [2.75, 3.05) is 6.61 Å². The van der Waals surface area contributed by atoms with E-state index in [-0.39, 0.29) is 0 Å². The van der Waals surface area contributed by atoms with Crippen LogP contribution in [-0.2, 0) is 9.53 Å². The van der Waals surface area contributed by atoms with Crippen molar-refractivity contribution >= 4 is 5.97 Å². The van der Waals surface area contributed by atoms with Gasteiger partial charge in [0.2, 0.25) is 0 Å². The topological polar surface area (TPSA) is 50.1 Å². The molecule has 0 aromatic heterocycles. The number of nitrogens with zero attached hydrogens (tertiary/aromatic N) is 1. The molecule has 0 spiro atoms. The Kier molecular flexibility index (Phi) is 5.17. The van der Waals surface area contributed by atoms with Gasteiger partial charge in [0, 0.05) is 0 Å². The van der Waals surface area contributed by atoms with E-state index in [1.165, 1.54) is 37.7 Å². The lowest BCUT2D eigenvalue weighted by Gasteiger charge is -2.22. The van der Waals surface area contributed by atoms with Crippen LogP contribution in [0.25, 0.3) is 0 Å². The first kappa shape index (κ1) is 14.6. The van der Waals surface area contributed by atoms with Gasteiger partial charge in [0.05, 0.1) is 12.7 Å². The number of hydrogen-bond acceptors (Lipinski definition) is 3. The summed E-state index contributed by atoms with van der Waals surface area (Å²) in [7, 11) is 0. The van der Waals surface area contributed by atoms with Crippen LogP contribution in [0.5, 0.6) is 0 Å². The van der Waals surface area contributed by atoms with Gasteiger partial charge in [0.1, 0.15) is 0 Å². The molecule has 0 heterocycles. The van der Waals surface area contributed by atoms with Crippen LogP contribution in [-0.4, -0.2) is 12.6 Å². The average Bonchev–Trinajstić information content (AvgIpc) is 2.50. The molecule has 0 amide bonds. The number of ether oxygens (including phenoxy) is 1. The van der Waals surface area contributed by atoms with E-state index in [1.54, 1.807) is 6.92 Å². The van der Waals surface area contributed by atoms with Gasteiger partial charge >= 0.3 is 5.97 Å². The van der Waals surface area contributed by atoms with Crippen LogP contribution in [0.15, 0.2) is 24.3 Å². The molecule has 1 aliphatic rings. The Morgan fingerprint density at radius 2 is 1.95 bits per heavy atom. The van der Waals surface area contributed by atoms with Crippen molar-refractivity contribution in [2.45, 2.75) is 50.9 Å². The van der Waals surface area contributed by atoms with Crippen molar-refractivity contribution in [1.29, 1.82) is 5.26 Å². The lowest BCUT2D eigenvalue weighted by molar-refractivity contribution is -0.143. The standard InChI is InChI=1S/C17H21NO2/c1-2-20-17(19)16(12-18)15-10-8-14(9-11-15)13-6-4-3-5-7-13/h8-11,13,16H,2-7H2,1H3/t16-/m1/s1. The number of benzene rings is 1. The fourth-order valence-corrected chi connectivity index (χ4v) is 2.89. The summed E-state index contributed by atoms with van der Waals surface area (Å²) in [6.07, 6.45) is 6.44. The Labute approximate surface area is 120 Å². The molecule has 1 fully saturated rings. The second-order valence-corrected chi connectivity index (χ2v) is 5.32. The second-order valence-electron chi connectivity index (χ2n) is 5.32. The maximum absolute atomic E-state index is 11.7. The molecule has 0 aliphatic heterocycles. The van der Waals surface area contributed by atoms with E-state index in [9.17, 15) is 4.79 Å². The molecule has 1 saturated carbocycles. The average molecular weight is 271 g/mol. The van der Waals surface area contributed by atoms with Crippen molar-refractivity contribution in [1.82, 2.24) is 0 Å². The molecule has 0 saturated heterocycles. The summed E-state index contributed by atoms with van der Waals surface area (Å²) in [6.45, 7) is 2.05. The normalized spacial score (nSPS) is 17.2. The molecular weight excluding hydrogens is 250 g/mol. The Bertz CT molecular complexity index is 481. The number of rotatable bonds is 4. The van der Waals surface area contributed by atoms with E-state index in [2.05, 4.69) is 12.1 Å². The maximum Gasteiger partial charge on any atom is 0.327 e. The molecule has 3 heteroatoms. The first-order chi connectivity index (χ1) is 9.76. The molecular formula is C17H21NO2. The Morgan fingerprint density at radius 3 is 2.50 bits per heavy atom. The maximum atomic E-state index is 11.7. The molecule has 0 unspecified atom stereocenters. The van der Waals surface area contributed by atoms with Crippen molar-refractivity contribution in [3.8, 4) is 6.07 Å². The van der Waals surface area contributed by atoms with Gasteiger partial charge in [-0.2, -0.15) is 5.26 Å². The molecule has 1 aromatic carbocycles. The smallest absolute Gasteiger partial charge is 0.327 e. The predicted molar refractivity (Wildman–Crippen MR) is 77.3 cm³/mol. The molecule has 3 nitrogen and oxygen atoms in total. The summed E-state index contributed by atoms with van der Waals surface area (Å²) in [6, 6.07) is 9.95. The van der Waals surface area contributed by atoms with E-state index >= 15 is 0 Å². The highest BCUT2D eigenvalue weighted by Gasteiger charge is 2.22. The highest BCUT2D eigenvalue weighted by atomic mass is 16.5. The largest absolute Gasteiger partial charge is 0.465 e. The van der Waals surface area contributed by atoms with Crippen molar-refractivity contribution in [3.05, 3.63) is 35.4 Å².